The van der Waals surface area contributed by atoms with Crippen LogP contribution in [0, 0.1) is 5.92 Å². The lowest BCUT2D eigenvalue weighted by Crippen LogP contribution is -2.31. The highest BCUT2D eigenvalue weighted by molar-refractivity contribution is 5.02. The molecule has 1 aliphatic heterocycles. The van der Waals surface area contributed by atoms with E-state index in [1.807, 2.05) is 0 Å². The van der Waals surface area contributed by atoms with Crippen LogP contribution < -0.4 is 11.1 Å². The minimum Gasteiger partial charge on any atom is -0.330 e. The molecular weight excluding hydrogens is 136 g/mol. The van der Waals surface area contributed by atoms with Crippen molar-refractivity contribution in [1.29, 1.82) is 0 Å². The molecule has 64 valence electrons. The Bertz CT molecular complexity index is 126. The van der Waals surface area contributed by atoms with Crippen molar-refractivity contribution in [2.45, 2.75) is 19.3 Å². The fraction of sp³-hybridized carbons (Fsp3) is 0.778. The second-order valence-electron chi connectivity index (χ2n) is 3.24. The molecule has 1 fully saturated rings. The van der Waals surface area contributed by atoms with E-state index < -0.39 is 0 Å². The first-order valence-electron chi connectivity index (χ1n) is 4.43. The Hall–Kier alpha value is -0.340. The van der Waals surface area contributed by atoms with Crippen molar-refractivity contribution in [2.75, 3.05) is 19.6 Å². The third-order valence-corrected chi connectivity index (χ3v) is 2.34. The van der Waals surface area contributed by atoms with Crippen molar-refractivity contribution < 1.29 is 0 Å². The van der Waals surface area contributed by atoms with Crippen LogP contribution in [0.15, 0.2) is 12.2 Å². The first-order chi connectivity index (χ1) is 5.34. The molecule has 1 saturated heterocycles. The lowest BCUT2D eigenvalue weighted by atomic mass is 9.91. The topological polar surface area (TPSA) is 38.0 Å². The van der Waals surface area contributed by atoms with E-state index >= 15 is 0 Å². The molecule has 2 heteroatoms. The molecule has 0 saturated carbocycles. The smallest absolute Gasteiger partial charge is 0.00168 e. The van der Waals surface area contributed by atoms with Gasteiger partial charge in [-0.05, 0) is 38.3 Å². The molecule has 0 amide bonds. The van der Waals surface area contributed by atoms with Crippen LogP contribution in [0.3, 0.4) is 0 Å². The number of nitrogens with two attached hydrogens (primary N) is 1. The first-order valence-corrected chi connectivity index (χ1v) is 4.43. The van der Waals surface area contributed by atoms with E-state index in [-0.39, 0.29) is 0 Å². The molecule has 0 radical (unpaired) electrons. The summed E-state index contributed by atoms with van der Waals surface area (Å²) in [6.45, 7) is 7.08. The van der Waals surface area contributed by atoms with Crippen molar-refractivity contribution in [1.82, 2.24) is 5.32 Å². The maximum atomic E-state index is 5.45. The highest BCUT2D eigenvalue weighted by Crippen LogP contribution is 2.19. The molecule has 3 N–H and O–H groups in total. The van der Waals surface area contributed by atoms with Crippen LogP contribution in [0.25, 0.3) is 0 Å². The molecule has 0 spiro atoms. The van der Waals surface area contributed by atoms with Crippen molar-refractivity contribution >= 4 is 0 Å². The molecule has 2 nitrogen and oxygen atoms in total. The van der Waals surface area contributed by atoms with Gasteiger partial charge in [0.15, 0.2) is 0 Å². The number of rotatable bonds is 3. The first kappa shape index (κ1) is 8.75. The van der Waals surface area contributed by atoms with Gasteiger partial charge >= 0.3 is 0 Å². The minimum absolute atomic E-state index is 0.687. The zero-order valence-corrected chi connectivity index (χ0v) is 7.10. The fourth-order valence-electron chi connectivity index (χ4n) is 1.59. The van der Waals surface area contributed by atoms with E-state index in [1.165, 1.54) is 25.0 Å². The van der Waals surface area contributed by atoms with Crippen LogP contribution in [0.4, 0.5) is 0 Å². The van der Waals surface area contributed by atoms with Gasteiger partial charge in [-0.1, -0.05) is 12.2 Å². The Morgan fingerprint density at radius 1 is 1.64 bits per heavy atom. The van der Waals surface area contributed by atoms with Gasteiger partial charge in [0, 0.05) is 6.54 Å². The third kappa shape index (κ3) is 2.64. The van der Waals surface area contributed by atoms with Crippen molar-refractivity contribution in [3.05, 3.63) is 12.2 Å². The minimum atomic E-state index is 0.687. The Kier molecular flexibility index (Phi) is 3.60. The van der Waals surface area contributed by atoms with Gasteiger partial charge in [-0.3, -0.25) is 0 Å². The highest BCUT2D eigenvalue weighted by Gasteiger charge is 2.14. The predicted octanol–water partition coefficient (Wildman–Crippen LogP) is 0.891. The van der Waals surface area contributed by atoms with Crippen molar-refractivity contribution in [3.63, 3.8) is 0 Å². The number of piperidine rings is 1. The lowest BCUT2D eigenvalue weighted by Gasteiger charge is -2.24. The van der Waals surface area contributed by atoms with Crippen LogP contribution in [0.1, 0.15) is 19.3 Å². The average Bonchev–Trinajstić information content (AvgIpc) is 2.07. The summed E-state index contributed by atoms with van der Waals surface area (Å²) < 4.78 is 0. The largest absolute Gasteiger partial charge is 0.330 e. The lowest BCUT2D eigenvalue weighted by molar-refractivity contribution is 0.415. The maximum Gasteiger partial charge on any atom is 0.00168 e. The Morgan fingerprint density at radius 2 is 2.45 bits per heavy atom. The van der Waals surface area contributed by atoms with E-state index in [1.54, 1.807) is 0 Å². The predicted molar refractivity (Wildman–Crippen MR) is 48.4 cm³/mol. The average molecular weight is 154 g/mol. The number of hydrogen-bond acceptors (Lipinski definition) is 2. The van der Waals surface area contributed by atoms with E-state index in [2.05, 4.69) is 11.9 Å². The van der Waals surface area contributed by atoms with Gasteiger partial charge in [0.1, 0.15) is 0 Å². The van der Waals surface area contributed by atoms with E-state index in [0.717, 1.165) is 19.5 Å². The summed E-state index contributed by atoms with van der Waals surface area (Å²) in [4.78, 5) is 0. The second kappa shape index (κ2) is 4.52. The molecule has 0 bridgehead atoms. The van der Waals surface area contributed by atoms with E-state index in [4.69, 9.17) is 5.73 Å². The molecule has 0 aromatic rings. The van der Waals surface area contributed by atoms with Gasteiger partial charge in [-0.2, -0.15) is 0 Å². The van der Waals surface area contributed by atoms with Gasteiger partial charge in [0.25, 0.3) is 0 Å². The molecule has 1 rings (SSSR count). The summed E-state index contributed by atoms with van der Waals surface area (Å²) in [5.74, 6) is 0.687. The second-order valence-corrected chi connectivity index (χ2v) is 3.24. The molecular formula is C9H18N2. The maximum absolute atomic E-state index is 5.45. The Balaban J connectivity index is 2.27. The fourth-order valence-corrected chi connectivity index (χ4v) is 1.59. The SMILES string of the molecule is C=C(CCN)C1CCCNC1. The standard InChI is InChI=1S/C9H18N2/c1-8(4-5-10)9-3-2-6-11-7-9/h9,11H,1-7,10H2. The van der Waals surface area contributed by atoms with Crippen LogP contribution in [0.5, 0.6) is 0 Å². The highest BCUT2D eigenvalue weighted by atomic mass is 14.9. The molecule has 11 heavy (non-hydrogen) atoms. The molecule has 0 aromatic carbocycles. The molecule has 1 atom stereocenters. The zero-order chi connectivity index (χ0) is 8.10. The summed E-state index contributed by atoms with van der Waals surface area (Å²) >= 11 is 0. The van der Waals surface area contributed by atoms with Gasteiger partial charge in [0.2, 0.25) is 0 Å². The monoisotopic (exact) mass is 154 g/mol. The summed E-state index contributed by atoms with van der Waals surface area (Å²) in [5, 5.41) is 3.37. The Morgan fingerprint density at radius 3 is 3.00 bits per heavy atom. The molecule has 0 aliphatic carbocycles. The number of nitrogens with one attached hydrogen (secondary N) is 1. The third-order valence-electron chi connectivity index (χ3n) is 2.34. The summed E-state index contributed by atoms with van der Waals surface area (Å²) in [5.41, 5.74) is 6.79. The van der Waals surface area contributed by atoms with Gasteiger partial charge in [0.05, 0.1) is 0 Å². The van der Waals surface area contributed by atoms with Gasteiger partial charge < -0.3 is 11.1 Å². The summed E-state index contributed by atoms with van der Waals surface area (Å²) in [6, 6.07) is 0. The van der Waals surface area contributed by atoms with Crippen molar-refractivity contribution in [3.8, 4) is 0 Å². The van der Waals surface area contributed by atoms with Gasteiger partial charge in [-0.25, -0.2) is 0 Å². The van der Waals surface area contributed by atoms with Crippen LogP contribution in [0.2, 0.25) is 0 Å². The van der Waals surface area contributed by atoms with Crippen LogP contribution in [-0.4, -0.2) is 19.6 Å². The van der Waals surface area contributed by atoms with Gasteiger partial charge in [-0.15, -0.1) is 0 Å². The molecule has 0 aromatic heterocycles. The number of hydrogen-bond donors (Lipinski definition) is 2. The van der Waals surface area contributed by atoms with Crippen molar-refractivity contribution in [2.24, 2.45) is 11.7 Å². The van der Waals surface area contributed by atoms with Crippen LogP contribution in [-0.2, 0) is 0 Å². The van der Waals surface area contributed by atoms with Crippen LogP contribution >= 0.6 is 0 Å². The quantitative estimate of drug-likeness (QED) is 0.592. The zero-order valence-electron chi connectivity index (χ0n) is 7.10. The normalized spacial score (nSPS) is 25.0. The molecule has 1 unspecified atom stereocenters. The summed E-state index contributed by atoms with van der Waals surface area (Å²) in [7, 11) is 0. The van der Waals surface area contributed by atoms with E-state index in [9.17, 15) is 0 Å². The summed E-state index contributed by atoms with van der Waals surface area (Å²) in [6.07, 6.45) is 3.58. The molecule has 1 aliphatic rings. The van der Waals surface area contributed by atoms with E-state index in [0.29, 0.717) is 5.92 Å². The molecule has 1 heterocycles. The Labute approximate surface area is 68.9 Å².